The van der Waals surface area contributed by atoms with Gasteiger partial charge in [0.2, 0.25) is 0 Å². The average Bonchev–Trinajstić information content (AvgIpc) is 3.03. The van der Waals surface area contributed by atoms with E-state index in [9.17, 15) is 0 Å². The zero-order valence-electron chi connectivity index (χ0n) is 13.4. The van der Waals surface area contributed by atoms with E-state index in [0.29, 0.717) is 12.0 Å². The van der Waals surface area contributed by atoms with Crippen LogP contribution in [0.2, 0.25) is 0 Å². The van der Waals surface area contributed by atoms with Gasteiger partial charge in [0.1, 0.15) is 0 Å². The van der Waals surface area contributed by atoms with Crippen molar-refractivity contribution in [2.45, 2.75) is 44.8 Å². The van der Waals surface area contributed by atoms with Gasteiger partial charge in [0.05, 0.1) is 29.6 Å². The van der Waals surface area contributed by atoms with Gasteiger partial charge in [-0.05, 0) is 38.3 Å². The third kappa shape index (κ3) is 3.00. The van der Waals surface area contributed by atoms with Crippen molar-refractivity contribution >= 4 is 0 Å². The van der Waals surface area contributed by atoms with Crippen molar-refractivity contribution in [3.05, 3.63) is 17.5 Å². The van der Waals surface area contributed by atoms with Crippen LogP contribution in [0, 0.1) is 12.8 Å². The predicted molar refractivity (Wildman–Crippen MR) is 81.2 cm³/mol. The first-order valence-corrected chi connectivity index (χ1v) is 8.09. The topological polar surface area (TPSA) is 48.3 Å². The molecule has 1 spiro atoms. The van der Waals surface area contributed by atoms with Crippen molar-refractivity contribution in [3.63, 3.8) is 0 Å². The summed E-state index contributed by atoms with van der Waals surface area (Å²) in [5.41, 5.74) is 2.33. The Morgan fingerprint density at radius 2 is 2.38 bits per heavy atom. The maximum atomic E-state index is 6.08. The molecule has 5 nitrogen and oxygen atoms in total. The summed E-state index contributed by atoms with van der Waals surface area (Å²) in [5, 5.41) is 8.19. The first-order chi connectivity index (χ1) is 10.1. The van der Waals surface area contributed by atoms with Gasteiger partial charge in [0, 0.05) is 26.7 Å². The third-order valence-corrected chi connectivity index (χ3v) is 4.85. The fourth-order valence-corrected chi connectivity index (χ4v) is 3.87. The van der Waals surface area contributed by atoms with Crippen LogP contribution in [-0.4, -0.2) is 41.7 Å². The van der Waals surface area contributed by atoms with Gasteiger partial charge < -0.3 is 14.8 Å². The van der Waals surface area contributed by atoms with Crippen molar-refractivity contribution in [2.75, 3.05) is 26.4 Å². The van der Waals surface area contributed by atoms with E-state index in [1.807, 2.05) is 11.7 Å². The maximum Gasteiger partial charge on any atom is 0.0940 e. The second-order valence-electron chi connectivity index (χ2n) is 6.46. The molecular formula is C16H27N3O2. The molecular weight excluding hydrogens is 266 g/mol. The lowest BCUT2D eigenvalue weighted by molar-refractivity contribution is -0.103. The molecule has 0 bridgehead atoms. The third-order valence-electron chi connectivity index (χ3n) is 4.85. The molecule has 2 aliphatic rings. The smallest absolute Gasteiger partial charge is 0.0940 e. The van der Waals surface area contributed by atoms with Gasteiger partial charge in [-0.15, -0.1) is 0 Å². The second kappa shape index (κ2) is 6.07. The molecule has 2 aliphatic heterocycles. The molecule has 21 heavy (non-hydrogen) atoms. The number of hydrogen-bond donors (Lipinski definition) is 1. The molecule has 2 fully saturated rings. The molecule has 1 aromatic rings. The summed E-state index contributed by atoms with van der Waals surface area (Å²) in [5.74, 6) is 0.579. The fraction of sp³-hybridized carbons (Fsp3) is 0.812. The van der Waals surface area contributed by atoms with Crippen LogP contribution in [0.15, 0.2) is 6.07 Å². The van der Waals surface area contributed by atoms with E-state index in [4.69, 9.17) is 9.47 Å². The summed E-state index contributed by atoms with van der Waals surface area (Å²) in [6, 6.07) is 2.56. The zero-order valence-corrected chi connectivity index (χ0v) is 13.4. The van der Waals surface area contributed by atoms with Crippen LogP contribution in [0.4, 0.5) is 0 Å². The average molecular weight is 293 g/mol. The monoisotopic (exact) mass is 293 g/mol. The summed E-state index contributed by atoms with van der Waals surface area (Å²) in [4.78, 5) is 0. The number of nitrogens with one attached hydrogen (secondary N) is 1. The van der Waals surface area contributed by atoms with E-state index in [2.05, 4.69) is 30.3 Å². The van der Waals surface area contributed by atoms with Crippen LogP contribution >= 0.6 is 0 Å². The first-order valence-electron chi connectivity index (χ1n) is 8.09. The van der Waals surface area contributed by atoms with Gasteiger partial charge in [-0.25, -0.2) is 0 Å². The van der Waals surface area contributed by atoms with Crippen molar-refractivity contribution in [1.29, 1.82) is 0 Å². The molecule has 3 unspecified atom stereocenters. The van der Waals surface area contributed by atoms with Crippen molar-refractivity contribution in [1.82, 2.24) is 15.1 Å². The number of rotatable bonds is 4. The molecule has 0 aromatic carbocycles. The molecule has 1 aromatic heterocycles. The standard InChI is InChI=1S/C16H27N3O2/c1-4-17-15(14-9-12(2)18-19(14)3)13-5-7-21-16(10-13)6-8-20-11-16/h9,13,15,17H,4-8,10-11H2,1-3H3. The number of ether oxygens (including phenoxy) is 2. The minimum atomic E-state index is -0.0375. The summed E-state index contributed by atoms with van der Waals surface area (Å²) in [6.45, 7) is 7.63. The number of aryl methyl sites for hydroxylation is 2. The Morgan fingerprint density at radius 1 is 1.52 bits per heavy atom. The van der Waals surface area contributed by atoms with E-state index in [1.54, 1.807) is 0 Å². The first kappa shape index (κ1) is 15.0. The zero-order chi connectivity index (χ0) is 14.9. The molecule has 0 aliphatic carbocycles. The predicted octanol–water partition coefficient (Wildman–Crippen LogP) is 1.96. The Kier molecular flexibility index (Phi) is 4.33. The second-order valence-corrected chi connectivity index (χ2v) is 6.46. The molecule has 0 saturated carbocycles. The SMILES string of the molecule is CCNC(c1cc(C)nn1C)C1CCOC2(CCOC2)C1. The molecule has 0 radical (unpaired) electrons. The Labute approximate surface area is 127 Å². The lowest BCUT2D eigenvalue weighted by Gasteiger charge is -2.40. The van der Waals surface area contributed by atoms with Crippen LogP contribution in [0.1, 0.15) is 43.6 Å². The van der Waals surface area contributed by atoms with Gasteiger partial charge in [0.15, 0.2) is 0 Å². The normalized spacial score (nSPS) is 30.9. The van der Waals surface area contributed by atoms with Crippen molar-refractivity contribution < 1.29 is 9.47 Å². The summed E-state index contributed by atoms with van der Waals surface area (Å²) in [6.07, 6.45) is 3.21. The number of nitrogens with zero attached hydrogens (tertiary/aromatic N) is 2. The lowest BCUT2D eigenvalue weighted by Crippen LogP contribution is -2.44. The van der Waals surface area contributed by atoms with Crippen LogP contribution in [-0.2, 0) is 16.5 Å². The van der Waals surface area contributed by atoms with Gasteiger partial charge >= 0.3 is 0 Å². The Morgan fingerprint density at radius 3 is 3.00 bits per heavy atom. The largest absolute Gasteiger partial charge is 0.378 e. The Bertz CT molecular complexity index is 480. The van der Waals surface area contributed by atoms with E-state index in [-0.39, 0.29) is 5.60 Å². The molecule has 3 rings (SSSR count). The van der Waals surface area contributed by atoms with Crippen LogP contribution in [0.5, 0.6) is 0 Å². The maximum absolute atomic E-state index is 6.08. The highest BCUT2D eigenvalue weighted by atomic mass is 16.6. The van der Waals surface area contributed by atoms with Gasteiger partial charge in [-0.2, -0.15) is 5.10 Å². The van der Waals surface area contributed by atoms with Gasteiger partial charge in [-0.3, -0.25) is 4.68 Å². The molecule has 1 N–H and O–H groups in total. The minimum absolute atomic E-state index is 0.0375. The molecule has 118 valence electrons. The molecule has 0 amide bonds. The molecule has 2 saturated heterocycles. The molecule has 5 heteroatoms. The van der Waals surface area contributed by atoms with Crippen LogP contribution in [0.3, 0.4) is 0 Å². The highest BCUT2D eigenvalue weighted by molar-refractivity contribution is 5.15. The van der Waals surface area contributed by atoms with Gasteiger partial charge in [-0.1, -0.05) is 6.92 Å². The van der Waals surface area contributed by atoms with Crippen molar-refractivity contribution in [3.8, 4) is 0 Å². The van der Waals surface area contributed by atoms with Crippen molar-refractivity contribution in [2.24, 2.45) is 13.0 Å². The highest BCUT2D eigenvalue weighted by Crippen LogP contribution is 2.40. The van der Waals surface area contributed by atoms with E-state index in [0.717, 1.165) is 51.3 Å². The summed E-state index contributed by atoms with van der Waals surface area (Å²) >= 11 is 0. The fourth-order valence-electron chi connectivity index (χ4n) is 3.87. The minimum Gasteiger partial charge on any atom is -0.378 e. The van der Waals surface area contributed by atoms with E-state index >= 15 is 0 Å². The highest BCUT2D eigenvalue weighted by Gasteiger charge is 2.43. The van der Waals surface area contributed by atoms with E-state index in [1.165, 1.54) is 5.69 Å². The quantitative estimate of drug-likeness (QED) is 0.922. The van der Waals surface area contributed by atoms with Crippen LogP contribution < -0.4 is 5.32 Å². The number of hydrogen-bond acceptors (Lipinski definition) is 4. The lowest BCUT2D eigenvalue weighted by atomic mass is 9.80. The van der Waals surface area contributed by atoms with E-state index < -0.39 is 0 Å². The molecule has 3 atom stereocenters. The molecule has 3 heterocycles. The summed E-state index contributed by atoms with van der Waals surface area (Å²) < 4.78 is 13.7. The van der Waals surface area contributed by atoms with Crippen LogP contribution in [0.25, 0.3) is 0 Å². The Hall–Kier alpha value is -0.910. The van der Waals surface area contributed by atoms with Gasteiger partial charge in [0.25, 0.3) is 0 Å². The summed E-state index contributed by atoms with van der Waals surface area (Å²) in [7, 11) is 2.04. The Balaban J connectivity index is 1.81. The number of aromatic nitrogens is 2.